The summed E-state index contributed by atoms with van der Waals surface area (Å²) in [6.45, 7) is 3.70. The first-order chi connectivity index (χ1) is 13.5. The molecule has 0 saturated carbocycles. The Kier molecular flexibility index (Phi) is 5.96. The number of nitrogens with one attached hydrogen (secondary N) is 2. The zero-order valence-electron chi connectivity index (χ0n) is 15.6. The number of hydrogen-bond acceptors (Lipinski definition) is 5. The highest BCUT2D eigenvalue weighted by Gasteiger charge is 2.05. The lowest BCUT2D eigenvalue weighted by Gasteiger charge is -2.09. The van der Waals surface area contributed by atoms with E-state index in [9.17, 15) is 9.59 Å². The van der Waals surface area contributed by atoms with Gasteiger partial charge in [-0.3, -0.25) is 25.4 Å². The van der Waals surface area contributed by atoms with Gasteiger partial charge >= 0.3 is 0 Å². The Morgan fingerprint density at radius 3 is 2.50 bits per heavy atom. The Balaban J connectivity index is 1.47. The molecule has 1 aromatic heterocycles. The Morgan fingerprint density at radius 1 is 1.04 bits per heavy atom. The second kappa shape index (κ2) is 8.77. The van der Waals surface area contributed by atoms with Gasteiger partial charge in [0.25, 0.3) is 11.8 Å². The minimum absolute atomic E-state index is 0.205. The van der Waals surface area contributed by atoms with Crippen LogP contribution in [0.2, 0.25) is 0 Å². The zero-order chi connectivity index (χ0) is 19.9. The van der Waals surface area contributed by atoms with Crippen molar-refractivity contribution >= 4 is 28.9 Å². The Morgan fingerprint density at radius 2 is 1.75 bits per heavy atom. The van der Waals surface area contributed by atoms with Crippen LogP contribution in [-0.4, -0.2) is 28.4 Å². The molecule has 0 fully saturated rings. The van der Waals surface area contributed by atoms with Gasteiger partial charge in [-0.1, -0.05) is 18.2 Å². The summed E-state index contributed by atoms with van der Waals surface area (Å²) in [5.74, 6) is -0.352. The van der Waals surface area contributed by atoms with Crippen molar-refractivity contribution in [2.24, 2.45) is 0 Å². The summed E-state index contributed by atoms with van der Waals surface area (Å²) in [5, 5.41) is 0. The van der Waals surface area contributed by atoms with Crippen molar-refractivity contribution in [1.29, 1.82) is 0 Å². The van der Waals surface area contributed by atoms with E-state index < -0.39 is 11.8 Å². The fourth-order valence-electron chi connectivity index (χ4n) is 2.59. The predicted octanol–water partition coefficient (Wildman–Crippen LogP) is 2.49. The maximum Gasteiger partial charge on any atom is 0.276 e. The third-order valence-corrected chi connectivity index (χ3v) is 3.76. The van der Waals surface area contributed by atoms with Crippen LogP contribution in [0, 0.1) is 13.8 Å². The highest BCUT2D eigenvalue weighted by atomic mass is 16.5. The number of para-hydroxylation sites is 2. The lowest BCUT2D eigenvalue weighted by molar-refractivity contribution is -0.128. The highest BCUT2D eigenvalue weighted by Crippen LogP contribution is 2.15. The monoisotopic (exact) mass is 376 g/mol. The van der Waals surface area contributed by atoms with Crippen LogP contribution in [-0.2, 0) is 9.59 Å². The molecule has 0 spiro atoms. The second-order valence-electron chi connectivity index (χ2n) is 6.27. The summed E-state index contributed by atoms with van der Waals surface area (Å²) < 4.78 is 5.43. The number of nitrogens with zero attached hydrogens (tertiary/aromatic N) is 2. The molecule has 0 unspecified atom stereocenters. The fraction of sp³-hybridized carbons (Fsp3) is 0.143. The van der Waals surface area contributed by atoms with Crippen LogP contribution in [0.5, 0.6) is 5.75 Å². The first-order valence-corrected chi connectivity index (χ1v) is 8.69. The summed E-state index contributed by atoms with van der Waals surface area (Å²) in [6, 6.07) is 13.1. The number of fused-ring (bicyclic) bond motifs is 1. The second-order valence-corrected chi connectivity index (χ2v) is 6.27. The smallest absolute Gasteiger partial charge is 0.276 e. The quantitative estimate of drug-likeness (QED) is 0.527. The standard InChI is InChI=1S/C21H20N4O3/c1-14-9-15(2)11-17(10-14)28-13-21(27)25-24-20(26)8-7-16-12-22-18-5-3-4-6-19(18)23-16/h3-12H,13H2,1-2H3,(H,24,26)(H,25,27)/b8-7+. The van der Waals surface area contributed by atoms with Gasteiger partial charge in [0.2, 0.25) is 0 Å². The van der Waals surface area contributed by atoms with Crippen LogP contribution in [0.15, 0.2) is 54.7 Å². The summed E-state index contributed by atoms with van der Waals surface area (Å²) >= 11 is 0. The van der Waals surface area contributed by atoms with Crippen molar-refractivity contribution in [3.05, 3.63) is 71.6 Å². The lowest BCUT2D eigenvalue weighted by atomic mass is 10.1. The van der Waals surface area contributed by atoms with Gasteiger partial charge in [0.1, 0.15) is 5.75 Å². The van der Waals surface area contributed by atoms with Crippen LogP contribution in [0.1, 0.15) is 16.8 Å². The number of carbonyl (C=O) groups is 2. The van der Waals surface area contributed by atoms with E-state index in [0.29, 0.717) is 11.4 Å². The molecule has 0 radical (unpaired) electrons. The van der Waals surface area contributed by atoms with Crippen molar-refractivity contribution < 1.29 is 14.3 Å². The van der Waals surface area contributed by atoms with Gasteiger partial charge in [0, 0.05) is 6.08 Å². The van der Waals surface area contributed by atoms with Gasteiger partial charge < -0.3 is 4.74 Å². The van der Waals surface area contributed by atoms with Crippen LogP contribution in [0.4, 0.5) is 0 Å². The molecule has 0 saturated heterocycles. The molecule has 0 aliphatic heterocycles. The molecular weight excluding hydrogens is 356 g/mol. The zero-order valence-corrected chi connectivity index (χ0v) is 15.6. The molecule has 1 heterocycles. The number of hydrogen-bond donors (Lipinski definition) is 2. The maximum atomic E-state index is 11.8. The Hall–Kier alpha value is -3.74. The van der Waals surface area contributed by atoms with Gasteiger partial charge in [-0.05, 0) is 55.3 Å². The summed E-state index contributed by atoms with van der Waals surface area (Å²) in [6.07, 6.45) is 4.36. The molecule has 3 rings (SSSR count). The van der Waals surface area contributed by atoms with Gasteiger partial charge in [-0.15, -0.1) is 0 Å². The van der Waals surface area contributed by atoms with E-state index in [2.05, 4.69) is 20.8 Å². The molecule has 2 aromatic carbocycles. The molecule has 2 amide bonds. The molecule has 142 valence electrons. The number of aromatic nitrogens is 2. The molecule has 7 heteroatoms. The molecular formula is C21H20N4O3. The molecule has 28 heavy (non-hydrogen) atoms. The number of benzene rings is 2. The maximum absolute atomic E-state index is 11.8. The van der Waals surface area contributed by atoms with Crippen molar-refractivity contribution in [1.82, 2.24) is 20.8 Å². The number of ether oxygens (including phenoxy) is 1. The Bertz CT molecular complexity index is 1030. The highest BCUT2D eigenvalue weighted by molar-refractivity contribution is 5.93. The predicted molar refractivity (Wildman–Crippen MR) is 106 cm³/mol. The van der Waals surface area contributed by atoms with Gasteiger partial charge in [-0.25, -0.2) is 4.98 Å². The van der Waals surface area contributed by atoms with Crippen LogP contribution in [0.3, 0.4) is 0 Å². The number of hydrazine groups is 1. The fourth-order valence-corrected chi connectivity index (χ4v) is 2.59. The molecule has 3 aromatic rings. The molecule has 0 bridgehead atoms. The van der Waals surface area contributed by atoms with E-state index in [4.69, 9.17) is 4.74 Å². The third-order valence-electron chi connectivity index (χ3n) is 3.76. The van der Waals surface area contributed by atoms with E-state index in [1.807, 2.05) is 56.3 Å². The molecule has 0 atom stereocenters. The van der Waals surface area contributed by atoms with Crippen molar-refractivity contribution in [2.45, 2.75) is 13.8 Å². The minimum atomic E-state index is -0.491. The molecule has 0 aliphatic rings. The topological polar surface area (TPSA) is 93.2 Å². The van der Waals surface area contributed by atoms with Crippen LogP contribution >= 0.6 is 0 Å². The van der Waals surface area contributed by atoms with E-state index in [1.54, 1.807) is 6.20 Å². The van der Waals surface area contributed by atoms with E-state index in [1.165, 1.54) is 12.2 Å². The van der Waals surface area contributed by atoms with Crippen molar-refractivity contribution in [2.75, 3.05) is 6.61 Å². The SMILES string of the molecule is Cc1cc(C)cc(OCC(=O)NNC(=O)/C=C/c2cnc3ccccc3n2)c1. The lowest BCUT2D eigenvalue weighted by Crippen LogP contribution is -2.43. The van der Waals surface area contributed by atoms with E-state index in [-0.39, 0.29) is 6.61 Å². The average molecular weight is 376 g/mol. The van der Waals surface area contributed by atoms with Crippen molar-refractivity contribution in [3.63, 3.8) is 0 Å². The molecule has 2 N–H and O–H groups in total. The minimum Gasteiger partial charge on any atom is -0.484 e. The van der Waals surface area contributed by atoms with Gasteiger partial charge in [0.15, 0.2) is 6.61 Å². The van der Waals surface area contributed by atoms with E-state index in [0.717, 1.165) is 22.2 Å². The van der Waals surface area contributed by atoms with Crippen molar-refractivity contribution in [3.8, 4) is 5.75 Å². The largest absolute Gasteiger partial charge is 0.484 e. The average Bonchev–Trinajstić information content (AvgIpc) is 2.68. The number of aryl methyl sites for hydroxylation is 2. The number of amides is 2. The van der Waals surface area contributed by atoms with Gasteiger partial charge in [-0.2, -0.15) is 0 Å². The molecule has 0 aliphatic carbocycles. The van der Waals surface area contributed by atoms with E-state index >= 15 is 0 Å². The number of rotatable bonds is 5. The Labute approximate surface area is 162 Å². The third kappa shape index (κ3) is 5.38. The summed E-state index contributed by atoms with van der Waals surface area (Å²) in [7, 11) is 0. The van der Waals surface area contributed by atoms with Gasteiger partial charge in [0.05, 0.1) is 22.9 Å². The molecule has 7 nitrogen and oxygen atoms in total. The van der Waals surface area contributed by atoms with Crippen LogP contribution in [0.25, 0.3) is 17.1 Å². The number of carbonyl (C=O) groups excluding carboxylic acids is 2. The first-order valence-electron chi connectivity index (χ1n) is 8.69. The summed E-state index contributed by atoms with van der Waals surface area (Å²) in [4.78, 5) is 32.3. The first kappa shape index (κ1) is 19.0. The van der Waals surface area contributed by atoms with Crippen LogP contribution < -0.4 is 15.6 Å². The normalized spacial score (nSPS) is 10.8. The summed E-state index contributed by atoms with van der Waals surface area (Å²) in [5.41, 5.74) is 8.74.